The van der Waals surface area contributed by atoms with Crippen LogP contribution in [0.2, 0.25) is 0 Å². The van der Waals surface area contributed by atoms with Gasteiger partial charge in [0.25, 0.3) is 0 Å². The third kappa shape index (κ3) is 2.42. The number of sulfonamides is 1. The topological polar surface area (TPSA) is 63.4 Å². The molecule has 18 heavy (non-hydrogen) atoms. The Labute approximate surface area is 115 Å². The van der Waals surface area contributed by atoms with Gasteiger partial charge in [-0.1, -0.05) is 32.0 Å². The predicted octanol–water partition coefficient (Wildman–Crippen LogP) is 1.65. The standard InChI is InChI=1S/C12H22N2O2S2/c1-2-11(12(13)17)18(15,16)14-8-7-9-5-3-4-6-10(9)14/h9-11H,2-8H2,1H3,(H2,13,17). The van der Waals surface area contributed by atoms with Crippen LogP contribution in [-0.2, 0) is 10.0 Å². The summed E-state index contributed by atoms with van der Waals surface area (Å²) in [4.78, 5) is 0.108. The molecule has 0 aromatic rings. The van der Waals surface area contributed by atoms with Crippen LogP contribution in [-0.4, -0.2) is 35.5 Å². The maximum absolute atomic E-state index is 12.6. The van der Waals surface area contributed by atoms with Crippen molar-refractivity contribution < 1.29 is 8.42 Å². The first kappa shape index (κ1) is 14.2. The zero-order valence-corrected chi connectivity index (χ0v) is 12.5. The molecule has 0 spiro atoms. The van der Waals surface area contributed by atoms with Gasteiger partial charge in [0, 0.05) is 12.6 Å². The number of nitrogens with two attached hydrogens (primary N) is 1. The summed E-state index contributed by atoms with van der Waals surface area (Å²) in [7, 11) is -3.35. The molecule has 2 N–H and O–H groups in total. The number of rotatable bonds is 4. The van der Waals surface area contributed by atoms with E-state index < -0.39 is 15.3 Å². The third-order valence-electron chi connectivity index (χ3n) is 4.33. The van der Waals surface area contributed by atoms with Crippen molar-refractivity contribution in [1.82, 2.24) is 4.31 Å². The summed E-state index contributed by atoms with van der Waals surface area (Å²) in [6.45, 7) is 2.48. The molecule has 6 heteroatoms. The normalized spacial score (nSPS) is 30.9. The molecule has 1 aliphatic carbocycles. The molecule has 1 aliphatic heterocycles. The van der Waals surface area contributed by atoms with E-state index in [1.54, 1.807) is 4.31 Å². The minimum absolute atomic E-state index is 0.108. The van der Waals surface area contributed by atoms with E-state index in [1.807, 2.05) is 6.92 Å². The molecule has 104 valence electrons. The summed E-state index contributed by atoms with van der Waals surface area (Å²) in [6.07, 6.45) is 6.00. The van der Waals surface area contributed by atoms with E-state index in [2.05, 4.69) is 0 Å². The van der Waals surface area contributed by atoms with Crippen molar-refractivity contribution in [2.24, 2.45) is 11.7 Å². The van der Waals surface area contributed by atoms with Crippen LogP contribution >= 0.6 is 12.2 Å². The van der Waals surface area contributed by atoms with E-state index in [1.165, 1.54) is 12.8 Å². The van der Waals surface area contributed by atoms with Gasteiger partial charge in [-0.3, -0.25) is 0 Å². The molecule has 0 aromatic carbocycles. The molecule has 0 amide bonds. The summed E-state index contributed by atoms with van der Waals surface area (Å²) in [5.41, 5.74) is 5.59. The van der Waals surface area contributed by atoms with E-state index in [-0.39, 0.29) is 11.0 Å². The van der Waals surface area contributed by atoms with E-state index in [9.17, 15) is 8.42 Å². The summed E-state index contributed by atoms with van der Waals surface area (Å²) < 4.78 is 26.9. The fraction of sp³-hybridized carbons (Fsp3) is 0.917. The van der Waals surface area contributed by atoms with E-state index >= 15 is 0 Å². The highest BCUT2D eigenvalue weighted by Crippen LogP contribution is 2.38. The quantitative estimate of drug-likeness (QED) is 0.800. The predicted molar refractivity (Wildman–Crippen MR) is 76.9 cm³/mol. The van der Waals surface area contributed by atoms with Gasteiger partial charge in [-0.25, -0.2) is 8.42 Å². The van der Waals surface area contributed by atoms with Crippen LogP contribution < -0.4 is 5.73 Å². The second kappa shape index (κ2) is 5.43. The molecule has 2 fully saturated rings. The average Bonchev–Trinajstić information content (AvgIpc) is 2.72. The lowest BCUT2D eigenvalue weighted by atomic mass is 9.86. The fourth-order valence-electron chi connectivity index (χ4n) is 3.40. The number of nitrogens with zero attached hydrogens (tertiary/aromatic N) is 1. The molecular weight excluding hydrogens is 268 g/mol. The lowest BCUT2D eigenvalue weighted by Crippen LogP contribution is -2.47. The van der Waals surface area contributed by atoms with Gasteiger partial charge in [-0.2, -0.15) is 4.31 Å². The Bertz CT molecular complexity index is 422. The molecule has 1 saturated carbocycles. The first-order chi connectivity index (χ1) is 8.48. The van der Waals surface area contributed by atoms with E-state index in [4.69, 9.17) is 18.0 Å². The average molecular weight is 290 g/mol. The van der Waals surface area contributed by atoms with Crippen LogP contribution in [0.3, 0.4) is 0 Å². The highest BCUT2D eigenvalue weighted by Gasteiger charge is 2.44. The molecule has 1 heterocycles. The van der Waals surface area contributed by atoms with Crippen molar-refractivity contribution in [3.63, 3.8) is 0 Å². The van der Waals surface area contributed by atoms with E-state index in [0.29, 0.717) is 18.9 Å². The van der Waals surface area contributed by atoms with Gasteiger partial charge in [0.05, 0.1) is 4.99 Å². The highest BCUT2D eigenvalue weighted by atomic mass is 32.2. The molecule has 4 nitrogen and oxygen atoms in total. The van der Waals surface area contributed by atoms with Crippen molar-refractivity contribution in [2.75, 3.05) is 6.54 Å². The lowest BCUT2D eigenvalue weighted by Gasteiger charge is -2.33. The van der Waals surface area contributed by atoms with Crippen molar-refractivity contribution >= 4 is 27.2 Å². The van der Waals surface area contributed by atoms with E-state index in [0.717, 1.165) is 19.3 Å². The van der Waals surface area contributed by atoms with Crippen LogP contribution in [0, 0.1) is 5.92 Å². The maximum atomic E-state index is 12.6. The van der Waals surface area contributed by atoms with Crippen LogP contribution in [0.5, 0.6) is 0 Å². The number of fused-ring (bicyclic) bond motifs is 1. The van der Waals surface area contributed by atoms with Gasteiger partial charge >= 0.3 is 0 Å². The van der Waals surface area contributed by atoms with Crippen LogP contribution in [0.25, 0.3) is 0 Å². The maximum Gasteiger partial charge on any atom is 0.223 e. The monoisotopic (exact) mass is 290 g/mol. The first-order valence-corrected chi connectivity index (χ1v) is 8.69. The Morgan fingerprint density at radius 3 is 2.67 bits per heavy atom. The third-order valence-corrected chi connectivity index (χ3v) is 7.18. The number of hydrogen-bond donors (Lipinski definition) is 1. The summed E-state index contributed by atoms with van der Waals surface area (Å²) in [5, 5.41) is -0.687. The van der Waals surface area contributed by atoms with Crippen LogP contribution in [0.4, 0.5) is 0 Å². The summed E-state index contributed by atoms with van der Waals surface area (Å²) in [5.74, 6) is 0.553. The second-order valence-corrected chi connectivity index (χ2v) is 7.89. The van der Waals surface area contributed by atoms with Gasteiger partial charge in [0.1, 0.15) is 5.25 Å². The van der Waals surface area contributed by atoms with Crippen molar-refractivity contribution in [3.8, 4) is 0 Å². The molecule has 0 bridgehead atoms. The van der Waals surface area contributed by atoms with Crippen LogP contribution in [0.15, 0.2) is 0 Å². The van der Waals surface area contributed by atoms with Gasteiger partial charge in [0.2, 0.25) is 10.0 Å². The Morgan fingerprint density at radius 1 is 1.39 bits per heavy atom. The Morgan fingerprint density at radius 2 is 2.06 bits per heavy atom. The highest BCUT2D eigenvalue weighted by molar-refractivity contribution is 7.92. The van der Waals surface area contributed by atoms with Gasteiger partial charge in [-0.05, 0) is 31.6 Å². The lowest BCUT2D eigenvalue weighted by molar-refractivity contribution is 0.259. The summed E-state index contributed by atoms with van der Waals surface area (Å²) in [6, 6.07) is 0.201. The SMILES string of the molecule is CCC(C(N)=S)S(=O)(=O)N1CCC2CCCCC21. The fourth-order valence-corrected chi connectivity index (χ4v) is 5.99. The number of thiocarbonyl (C=S) groups is 1. The first-order valence-electron chi connectivity index (χ1n) is 6.78. The molecule has 3 atom stereocenters. The van der Waals surface area contributed by atoms with Crippen molar-refractivity contribution in [1.29, 1.82) is 0 Å². The summed E-state index contributed by atoms with van der Waals surface area (Å²) >= 11 is 4.92. The largest absolute Gasteiger partial charge is 0.392 e. The number of hydrogen-bond acceptors (Lipinski definition) is 3. The molecule has 0 radical (unpaired) electrons. The van der Waals surface area contributed by atoms with Gasteiger partial charge in [0.15, 0.2) is 0 Å². The Balaban J connectivity index is 2.22. The van der Waals surface area contributed by atoms with Crippen molar-refractivity contribution in [3.05, 3.63) is 0 Å². The van der Waals surface area contributed by atoms with Gasteiger partial charge < -0.3 is 5.73 Å². The minimum Gasteiger partial charge on any atom is -0.392 e. The van der Waals surface area contributed by atoms with Gasteiger partial charge in [-0.15, -0.1) is 0 Å². The molecule has 0 aromatic heterocycles. The Kier molecular flexibility index (Phi) is 4.29. The second-order valence-electron chi connectivity index (χ2n) is 5.36. The zero-order chi connectivity index (χ0) is 13.3. The molecule has 2 aliphatic rings. The van der Waals surface area contributed by atoms with Crippen molar-refractivity contribution in [2.45, 2.75) is 56.7 Å². The molecule has 1 saturated heterocycles. The Hall–Kier alpha value is -0.200. The molecule has 2 rings (SSSR count). The van der Waals surface area contributed by atoms with Crippen LogP contribution in [0.1, 0.15) is 45.4 Å². The molecule has 3 unspecified atom stereocenters. The minimum atomic E-state index is -3.35. The zero-order valence-electron chi connectivity index (χ0n) is 10.8. The molecular formula is C12H22N2O2S2. The smallest absolute Gasteiger partial charge is 0.223 e.